The molecule has 0 heterocycles. The lowest BCUT2D eigenvalue weighted by molar-refractivity contribution is 0.0811. The van der Waals surface area contributed by atoms with Crippen LogP contribution >= 0.6 is 15.9 Å². The summed E-state index contributed by atoms with van der Waals surface area (Å²) in [5, 5.41) is 0. The van der Waals surface area contributed by atoms with Crippen LogP contribution < -0.4 is 0 Å². The zero-order valence-electron chi connectivity index (χ0n) is 11.1. The van der Waals surface area contributed by atoms with Crippen LogP contribution in [0.4, 0.5) is 0 Å². The normalized spacial score (nSPS) is 37.9. The first kappa shape index (κ1) is 12.9. The predicted molar refractivity (Wildman–Crippen MR) is 75.0 cm³/mol. The molecule has 0 radical (unpaired) electrons. The molecule has 0 amide bonds. The highest BCUT2D eigenvalue weighted by atomic mass is 79.9. The minimum Gasteiger partial charge on any atom is -0.0887 e. The van der Waals surface area contributed by atoms with E-state index in [9.17, 15) is 0 Å². The molecule has 2 aliphatic carbocycles. The highest BCUT2D eigenvalue weighted by molar-refractivity contribution is 9.09. The molecule has 3 unspecified atom stereocenters. The lowest BCUT2D eigenvalue weighted by atomic mass is 9.63. The molecule has 0 aliphatic heterocycles. The second-order valence-electron chi connectivity index (χ2n) is 6.84. The van der Waals surface area contributed by atoms with Crippen molar-refractivity contribution in [2.24, 2.45) is 23.2 Å². The first-order valence-electron chi connectivity index (χ1n) is 7.16. The van der Waals surface area contributed by atoms with Gasteiger partial charge in [0.1, 0.15) is 0 Å². The summed E-state index contributed by atoms with van der Waals surface area (Å²) in [6.07, 6.45) is 10.2. The Kier molecular flexibility index (Phi) is 4.04. The van der Waals surface area contributed by atoms with Crippen molar-refractivity contribution in [2.45, 2.75) is 70.5 Å². The average Bonchev–Trinajstić information content (AvgIpc) is 2.69. The fraction of sp³-hybridized carbons (Fsp3) is 1.00. The van der Waals surface area contributed by atoms with Gasteiger partial charge in [-0.3, -0.25) is 0 Å². The van der Waals surface area contributed by atoms with E-state index in [1.807, 2.05) is 0 Å². The van der Waals surface area contributed by atoms with Crippen molar-refractivity contribution >= 4 is 15.9 Å². The Balaban J connectivity index is 2.04. The van der Waals surface area contributed by atoms with E-state index in [2.05, 4.69) is 36.7 Å². The lowest BCUT2D eigenvalue weighted by Crippen LogP contribution is -2.39. The molecule has 0 bridgehead atoms. The summed E-state index contributed by atoms with van der Waals surface area (Å²) in [5.74, 6) is 2.83. The van der Waals surface area contributed by atoms with Gasteiger partial charge in [0, 0.05) is 4.83 Å². The van der Waals surface area contributed by atoms with Crippen LogP contribution in [0.5, 0.6) is 0 Å². The van der Waals surface area contributed by atoms with Gasteiger partial charge in [-0.15, -0.1) is 0 Å². The predicted octanol–water partition coefficient (Wildman–Crippen LogP) is 5.40. The van der Waals surface area contributed by atoms with Crippen molar-refractivity contribution in [2.75, 3.05) is 0 Å². The van der Waals surface area contributed by atoms with E-state index in [1.54, 1.807) is 0 Å². The monoisotopic (exact) mass is 286 g/mol. The van der Waals surface area contributed by atoms with E-state index in [0.717, 1.165) is 22.6 Å². The molecule has 3 atom stereocenters. The molecule has 0 aromatic carbocycles. The molecular weight excluding hydrogens is 260 g/mol. The number of halogens is 1. The maximum absolute atomic E-state index is 3.98. The summed E-state index contributed by atoms with van der Waals surface area (Å²) in [4.78, 5) is 0.770. The topological polar surface area (TPSA) is 0 Å². The van der Waals surface area contributed by atoms with Crippen LogP contribution in [0.1, 0.15) is 65.7 Å². The van der Waals surface area contributed by atoms with E-state index in [4.69, 9.17) is 0 Å². The van der Waals surface area contributed by atoms with Gasteiger partial charge in [0.25, 0.3) is 0 Å². The van der Waals surface area contributed by atoms with E-state index < -0.39 is 0 Å². The van der Waals surface area contributed by atoms with Gasteiger partial charge in [-0.05, 0) is 48.9 Å². The van der Waals surface area contributed by atoms with E-state index in [0.29, 0.717) is 5.41 Å². The summed E-state index contributed by atoms with van der Waals surface area (Å²) in [7, 11) is 0. The minimum absolute atomic E-state index is 0.560. The fourth-order valence-electron chi connectivity index (χ4n) is 4.12. The highest BCUT2D eigenvalue weighted by Crippen LogP contribution is 2.51. The van der Waals surface area contributed by atoms with Crippen molar-refractivity contribution in [1.82, 2.24) is 0 Å². The van der Waals surface area contributed by atoms with Crippen LogP contribution in [0.3, 0.4) is 0 Å². The molecule has 2 fully saturated rings. The van der Waals surface area contributed by atoms with Gasteiger partial charge in [0.2, 0.25) is 0 Å². The largest absolute Gasteiger partial charge is 0.0887 e. The van der Waals surface area contributed by atoms with E-state index in [-0.39, 0.29) is 0 Å². The first-order chi connectivity index (χ1) is 7.51. The van der Waals surface area contributed by atoms with E-state index >= 15 is 0 Å². The number of rotatable bonds is 2. The molecule has 94 valence electrons. The molecule has 0 spiro atoms. The van der Waals surface area contributed by atoms with Gasteiger partial charge in [-0.25, -0.2) is 0 Å². The SMILES string of the molecule is CC1CCC(C(C)(C)C2CCCC2)C(Br)C1. The Morgan fingerprint density at radius 3 is 2.19 bits per heavy atom. The van der Waals surface area contributed by atoms with Crippen LogP contribution in [0.25, 0.3) is 0 Å². The van der Waals surface area contributed by atoms with Crippen LogP contribution in [-0.4, -0.2) is 4.83 Å². The van der Waals surface area contributed by atoms with Gasteiger partial charge in [0.15, 0.2) is 0 Å². The third-order valence-corrected chi connectivity index (χ3v) is 6.41. The van der Waals surface area contributed by atoms with Crippen LogP contribution in [0.2, 0.25) is 0 Å². The highest BCUT2D eigenvalue weighted by Gasteiger charge is 2.43. The zero-order valence-corrected chi connectivity index (χ0v) is 12.7. The average molecular weight is 287 g/mol. The van der Waals surface area contributed by atoms with Crippen molar-refractivity contribution in [1.29, 1.82) is 0 Å². The molecule has 0 N–H and O–H groups in total. The molecule has 0 aromatic heterocycles. The summed E-state index contributed by atoms with van der Waals surface area (Å²) in [5.41, 5.74) is 0.560. The zero-order chi connectivity index (χ0) is 11.8. The second kappa shape index (κ2) is 5.00. The van der Waals surface area contributed by atoms with Crippen LogP contribution in [0.15, 0.2) is 0 Å². The molecular formula is C15H27Br. The molecule has 16 heavy (non-hydrogen) atoms. The van der Waals surface area contributed by atoms with Gasteiger partial charge in [-0.1, -0.05) is 56.0 Å². The Bertz CT molecular complexity index is 228. The van der Waals surface area contributed by atoms with Gasteiger partial charge >= 0.3 is 0 Å². The molecule has 1 heteroatoms. The number of alkyl halides is 1. The smallest absolute Gasteiger partial charge is 0.0181 e. The molecule has 0 aromatic rings. The standard InChI is InChI=1S/C15H27Br/c1-11-8-9-13(14(16)10-11)15(2,3)12-6-4-5-7-12/h11-14H,4-10H2,1-3H3. The first-order valence-corrected chi connectivity index (χ1v) is 8.07. The molecule has 0 nitrogen and oxygen atoms in total. The van der Waals surface area contributed by atoms with Crippen molar-refractivity contribution in [3.8, 4) is 0 Å². The summed E-state index contributed by atoms with van der Waals surface area (Å²) < 4.78 is 0. The second-order valence-corrected chi connectivity index (χ2v) is 8.02. The number of hydrogen-bond acceptors (Lipinski definition) is 0. The molecule has 2 rings (SSSR count). The van der Waals surface area contributed by atoms with Crippen LogP contribution in [0, 0.1) is 23.2 Å². The van der Waals surface area contributed by atoms with E-state index in [1.165, 1.54) is 44.9 Å². The number of hydrogen-bond donors (Lipinski definition) is 0. The van der Waals surface area contributed by atoms with Gasteiger partial charge < -0.3 is 0 Å². The Morgan fingerprint density at radius 1 is 1.00 bits per heavy atom. The lowest BCUT2D eigenvalue weighted by Gasteiger charge is -2.45. The fourth-order valence-corrected chi connectivity index (χ4v) is 5.71. The maximum Gasteiger partial charge on any atom is 0.0181 e. The van der Waals surface area contributed by atoms with Gasteiger partial charge in [-0.2, -0.15) is 0 Å². The quantitative estimate of drug-likeness (QED) is 0.596. The Hall–Kier alpha value is 0.480. The Morgan fingerprint density at radius 2 is 1.62 bits per heavy atom. The summed E-state index contributed by atoms with van der Waals surface area (Å²) in [6, 6.07) is 0. The molecule has 0 saturated heterocycles. The van der Waals surface area contributed by atoms with Crippen molar-refractivity contribution in [3.05, 3.63) is 0 Å². The Labute approximate surface area is 110 Å². The third-order valence-electron chi connectivity index (χ3n) is 5.40. The van der Waals surface area contributed by atoms with Gasteiger partial charge in [0.05, 0.1) is 0 Å². The van der Waals surface area contributed by atoms with Crippen molar-refractivity contribution < 1.29 is 0 Å². The molecule has 2 saturated carbocycles. The maximum atomic E-state index is 3.98. The minimum atomic E-state index is 0.560. The summed E-state index contributed by atoms with van der Waals surface area (Å²) in [6.45, 7) is 7.49. The van der Waals surface area contributed by atoms with Crippen molar-refractivity contribution in [3.63, 3.8) is 0 Å². The summed E-state index contributed by atoms with van der Waals surface area (Å²) >= 11 is 3.98. The van der Waals surface area contributed by atoms with Crippen LogP contribution in [-0.2, 0) is 0 Å². The molecule has 2 aliphatic rings. The third kappa shape index (κ3) is 2.49.